The van der Waals surface area contributed by atoms with Gasteiger partial charge in [-0.25, -0.2) is 9.97 Å². The Morgan fingerprint density at radius 2 is 1.42 bits per heavy atom. The Bertz CT molecular complexity index is 1140. The highest BCUT2D eigenvalue weighted by atomic mass is 16.5. The number of methoxy groups -OCH3 is 1. The van der Waals surface area contributed by atoms with Gasteiger partial charge < -0.3 is 14.5 Å². The van der Waals surface area contributed by atoms with Gasteiger partial charge >= 0.3 is 0 Å². The number of carbonyl (C=O) groups excluding carboxylic acids is 2. The molecule has 0 atom stereocenters. The largest absolute Gasteiger partial charge is 0.497 e. The molecular weight excluding hydrogens is 392 g/mol. The van der Waals surface area contributed by atoms with Crippen LogP contribution in [0.15, 0.2) is 42.5 Å². The van der Waals surface area contributed by atoms with E-state index in [4.69, 9.17) is 4.74 Å². The average molecular weight is 418 g/mol. The molecule has 31 heavy (non-hydrogen) atoms. The van der Waals surface area contributed by atoms with Gasteiger partial charge in [0.15, 0.2) is 0 Å². The number of fused-ring (bicyclic) bond motifs is 1. The first-order valence-corrected chi connectivity index (χ1v) is 10.4. The first kappa shape index (κ1) is 20.8. The summed E-state index contributed by atoms with van der Waals surface area (Å²) in [6, 6.07) is 12.6. The molecule has 160 valence electrons. The van der Waals surface area contributed by atoms with Gasteiger partial charge in [0.05, 0.1) is 29.5 Å². The van der Waals surface area contributed by atoms with Gasteiger partial charge in [0, 0.05) is 37.3 Å². The molecule has 0 unspecified atom stereocenters. The van der Waals surface area contributed by atoms with E-state index in [1.54, 1.807) is 36.3 Å². The maximum atomic E-state index is 13.1. The van der Waals surface area contributed by atoms with Crippen molar-refractivity contribution in [3.8, 4) is 5.75 Å². The summed E-state index contributed by atoms with van der Waals surface area (Å²) in [6.45, 7) is 6.05. The molecule has 1 aliphatic rings. The second kappa shape index (κ2) is 8.71. The molecule has 2 heterocycles. The summed E-state index contributed by atoms with van der Waals surface area (Å²) in [5, 5.41) is 0. The van der Waals surface area contributed by atoms with Crippen molar-refractivity contribution < 1.29 is 14.3 Å². The number of benzene rings is 2. The van der Waals surface area contributed by atoms with Crippen LogP contribution in [0, 0.1) is 13.8 Å². The van der Waals surface area contributed by atoms with E-state index in [0.29, 0.717) is 43.1 Å². The predicted molar refractivity (Wildman–Crippen MR) is 118 cm³/mol. The zero-order chi connectivity index (χ0) is 22.0. The number of amides is 2. The molecule has 0 spiro atoms. The third-order valence-electron chi connectivity index (χ3n) is 5.71. The van der Waals surface area contributed by atoms with Crippen molar-refractivity contribution in [3.05, 3.63) is 65.0 Å². The molecular formula is C24H26N4O3. The number of carbonyl (C=O) groups is 2. The molecule has 0 bridgehead atoms. The van der Waals surface area contributed by atoms with Crippen LogP contribution in [0.1, 0.15) is 38.5 Å². The smallest absolute Gasteiger partial charge is 0.254 e. The van der Waals surface area contributed by atoms with E-state index in [1.807, 2.05) is 36.9 Å². The van der Waals surface area contributed by atoms with Crippen molar-refractivity contribution in [2.45, 2.75) is 20.3 Å². The summed E-state index contributed by atoms with van der Waals surface area (Å²) >= 11 is 0. The zero-order valence-corrected chi connectivity index (χ0v) is 18.1. The van der Waals surface area contributed by atoms with Crippen LogP contribution in [0.2, 0.25) is 0 Å². The minimum absolute atomic E-state index is 0.0416. The Morgan fingerprint density at radius 3 is 2.06 bits per heavy atom. The number of hydrogen-bond acceptors (Lipinski definition) is 5. The maximum absolute atomic E-state index is 13.1. The fraction of sp³-hybridized carbons (Fsp3) is 0.333. The van der Waals surface area contributed by atoms with Gasteiger partial charge in [-0.2, -0.15) is 0 Å². The van der Waals surface area contributed by atoms with Gasteiger partial charge in [-0.1, -0.05) is 6.07 Å². The lowest BCUT2D eigenvalue weighted by atomic mass is 10.1. The van der Waals surface area contributed by atoms with Crippen molar-refractivity contribution in [1.29, 1.82) is 0 Å². The monoisotopic (exact) mass is 418 g/mol. The Labute approximate surface area is 181 Å². The molecule has 0 aliphatic carbocycles. The van der Waals surface area contributed by atoms with E-state index in [9.17, 15) is 9.59 Å². The van der Waals surface area contributed by atoms with Crippen LogP contribution in [0.4, 0.5) is 0 Å². The van der Waals surface area contributed by atoms with Crippen LogP contribution < -0.4 is 4.74 Å². The molecule has 4 rings (SSSR count). The topological polar surface area (TPSA) is 75.6 Å². The van der Waals surface area contributed by atoms with Crippen molar-refractivity contribution in [2.75, 3.05) is 33.3 Å². The summed E-state index contributed by atoms with van der Waals surface area (Å²) in [5.41, 5.74) is 4.44. The van der Waals surface area contributed by atoms with Crippen LogP contribution >= 0.6 is 0 Å². The van der Waals surface area contributed by atoms with Crippen LogP contribution in [0.5, 0.6) is 5.75 Å². The fourth-order valence-corrected chi connectivity index (χ4v) is 3.81. The first-order valence-electron chi connectivity index (χ1n) is 10.4. The lowest BCUT2D eigenvalue weighted by molar-refractivity contribution is 0.0718. The van der Waals surface area contributed by atoms with Crippen molar-refractivity contribution in [2.24, 2.45) is 0 Å². The summed E-state index contributed by atoms with van der Waals surface area (Å²) in [6.07, 6.45) is 0.729. The third kappa shape index (κ3) is 4.35. The summed E-state index contributed by atoms with van der Waals surface area (Å²) in [4.78, 5) is 38.8. The summed E-state index contributed by atoms with van der Waals surface area (Å²) < 4.78 is 5.23. The first-order chi connectivity index (χ1) is 15.0. The Hall–Kier alpha value is -3.48. The molecule has 0 saturated carbocycles. The molecule has 0 N–H and O–H groups in total. The summed E-state index contributed by atoms with van der Waals surface area (Å²) in [7, 11) is 1.58. The number of nitrogens with zero attached hydrogens (tertiary/aromatic N) is 4. The zero-order valence-electron chi connectivity index (χ0n) is 18.1. The number of rotatable bonds is 3. The number of aryl methyl sites for hydroxylation is 2. The van der Waals surface area contributed by atoms with Gasteiger partial charge in [0.25, 0.3) is 11.8 Å². The van der Waals surface area contributed by atoms with Crippen LogP contribution in [-0.4, -0.2) is 64.9 Å². The van der Waals surface area contributed by atoms with E-state index in [2.05, 4.69) is 9.97 Å². The molecule has 1 aromatic heterocycles. The van der Waals surface area contributed by atoms with Crippen molar-refractivity contribution in [3.63, 3.8) is 0 Å². The molecule has 7 nitrogen and oxygen atoms in total. The molecule has 1 aliphatic heterocycles. The van der Waals surface area contributed by atoms with E-state index in [1.165, 1.54) is 0 Å². The number of ether oxygens (including phenoxy) is 1. The summed E-state index contributed by atoms with van der Waals surface area (Å²) in [5.74, 6) is 0.569. The highest BCUT2D eigenvalue weighted by Crippen LogP contribution is 2.18. The van der Waals surface area contributed by atoms with Crippen LogP contribution in [0.25, 0.3) is 11.0 Å². The lowest BCUT2D eigenvalue weighted by Crippen LogP contribution is -2.37. The predicted octanol–water partition coefficient (Wildman–Crippen LogP) is 3.24. The molecule has 1 fully saturated rings. The van der Waals surface area contributed by atoms with E-state index in [-0.39, 0.29) is 11.8 Å². The van der Waals surface area contributed by atoms with Crippen molar-refractivity contribution in [1.82, 2.24) is 19.8 Å². The highest BCUT2D eigenvalue weighted by molar-refractivity contribution is 5.97. The van der Waals surface area contributed by atoms with E-state index >= 15 is 0 Å². The van der Waals surface area contributed by atoms with Gasteiger partial charge in [-0.05, 0) is 56.7 Å². The van der Waals surface area contributed by atoms with Crippen LogP contribution in [-0.2, 0) is 0 Å². The SMILES string of the molecule is COc1cccc(C(=O)N2CCCN(C(=O)c3ccc4nc(C)c(C)nc4c3)CC2)c1. The third-order valence-corrected chi connectivity index (χ3v) is 5.71. The molecule has 2 aromatic carbocycles. The van der Waals surface area contributed by atoms with Gasteiger partial charge in [0.2, 0.25) is 0 Å². The van der Waals surface area contributed by atoms with Gasteiger partial charge in [-0.15, -0.1) is 0 Å². The Kier molecular flexibility index (Phi) is 5.84. The number of aromatic nitrogens is 2. The molecule has 0 radical (unpaired) electrons. The fourth-order valence-electron chi connectivity index (χ4n) is 3.81. The second-order valence-electron chi connectivity index (χ2n) is 7.77. The van der Waals surface area contributed by atoms with Gasteiger partial charge in [-0.3, -0.25) is 9.59 Å². The minimum Gasteiger partial charge on any atom is -0.497 e. The van der Waals surface area contributed by atoms with E-state index in [0.717, 1.165) is 28.8 Å². The molecule has 3 aromatic rings. The lowest BCUT2D eigenvalue weighted by Gasteiger charge is -2.22. The molecule has 2 amide bonds. The normalized spacial score (nSPS) is 14.4. The molecule has 1 saturated heterocycles. The van der Waals surface area contributed by atoms with Crippen LogP contribution in [0.3, 0.4) is 0 Å². The Morgan fingerprint density at radius 1 is 0.806 bits per heavy atom. The second-order valence-corrected chi connectivity index (χ2v) is 7.77. The number of hydrogen-bond donors (Lipinski definition) is 0. The Balaban J connectivity index is 1.48. The highest BCUT2D eigenvalue weighted by Gasteiger charge is 2.24. The maximum Gasteiger partial charge on any atom is 0.254 e. The standard InChI is InChI=1S/C24H26N4O3/c1-16-17(2)26-22-15-19(8-9-21(22)25-16)24(30)28-11-5-10-27(12-13-28)23(29)18-6-4-7-20(14-18)31-3/h4,6-9,14-15H,5,10-13H2,1-3H3. The minimum atomic E-state index is -0.0439. The van der Waals surface area contributed by atoms with Gasteiger partial charge in [0.1, 0.15) is 5.75 Å². The quantitative estimate of drug-likeness (QED) is 0.653. The van der Waals surface area contributed by atoms with Crippen molar-refractivity contribution >= 4 is 22.8 Å². The molecule has 7 heteroatoms. The average Bonchev–Trinajstić information content (AvgIpc) is 3.05. The van der Waals surface area contributed by atoms with E-state index < -0.39 is 0 Å².